The SMILES string of the molecule is CC1(C)Oc2ccc(Cl)cc2N(CCC(=O)N2CCCNCC2)C1=O. The molecule has 1 saturated heterocycles. The first-order valence-electron chi connectivity index (χ1n) is 8.67. The van der Waals surface area contributed by atoms with Crippen molar-refractivity contribution in [1.82, 2.24) is 10.2 Å². The molecule has 7 heteroatoms. The van der Waals surface area contributed by atoms with E-state index in [0.29, 0.717) is 29.5 Å². The molecule has 0 saturated carbocycles. The Morgan fingerprint density at radius 2 is 2.12 bits per heavy atom. The first kappa shape index (κ1) is 18.0. The maximum atomic E-state index is 12.8. The Bertz CT molecular complexity index is 670. The average molecular weight is 366 g/mol. The molecule has 0 atom stereocenters. The molecule has 136 valence electrons. The van der Waals surface area contributed by atoms with Gasteiger partial charge in [-0.3, -0.25) is 9.59 Å². The summed E-state index contributed by atoms with van der Waals surface area (Å²) in [5.41, 5.74) is -0.335. The quantitative estimate of drug-likeness (QED) is 0.890. The molecule has 1 N–H and O–H groups in total. The van der Waals surface area contributed by atoms with Crippen LogP contribution in [-0.2, 0) is 9.59 Å². The molecule has 2 heterocycles. The van der Waals surface area contributed by atoms with Crippen LogP contribution in [0.2, 0.25) is 5.02 Å². The van der Waals surface area contributed by atoms with Crippen LogP contribution in [0.4, 0.5) is 5.69 Å². The lowest BCUT2D eigenvalue weighted by molar-refractivity contribution is -0.133. The van der Waals surface area contributed by atoms with Crippen molar-refractivity contribution < 1.29 is 14.3 Å². The van der Waals surface area contributed by atoms with Gasteiger partial charge in [0, 0.05) is 37.6 Å². The number of rotatable bonds is 3. The minimum absolute atomic E-state index is 0.0735. The predicted molar refractivity (Wildman–Crippen MR) is 97.2 cm³/mol. The number of nitrogens with one attached hydrogen (secondary N) is 1. The monoisotopic (exact) mass is 365 g/mol. The highest BCUT2D eigenvalue weighted by molar-refractivity contribution is 6.31. The van der Waals surface area contributed by atoms with E-state index in [9.17, 15) is 9.59 Å². The number of fused-ring (bicyclic) bond motifs is 1. The van der Waals surface area contributed by atoms with Gasteiger partial charge in [0.15, 0.2) is 5.60 Å². The molecule has 1 aromatic rings. The van der Waals surface area contributed by atoms with Gasteiger partial charge in [-0.05, 0) is 45.0 Å². The molecule has 2 amide bonds. The Labute approximate surface area is 153 Å². The molecule has 6 nitrogen and oxygen atoms in total. The van der Waals surface area contributed by atoms with E-state index < -0.39 is 5.60 Å². The molecular weight excluding hydrogens is 342 g/mol. The zero-order valence-electron chi connectivity index (χ0n) is 14.7. The van der Waals surface area contributed by atoms with E-state index in [-0.39, 0.29) is 18.2 Å². The molecule has 2 aliphatic heterocycles. The highest BCUT2D eigenvalue weighted by Crippen LogP contribution is 2.39. The molecule has 3 rings (SSSR count). The largest absolute Gasteiger partial charge is 0.476 e. The van der Waals surface area contributed by atoms with E-state index in [1.807, 2.05) is 4.90 Å². The molecule has 25 heavy (non-hydrogen) atoms. The third-order valence-corrected chi connectivity index (χ3v) is 4.81. The molecule has 1 fully saturated rings. The van der Waals surface area contributed by atoms with E-state index in [0.717, 1.165) is 26.1 Å². The van der Waals surface area contributed by atoms with Gasteiger partial charge >= 0.3 is 0 Å². The van der Waals surface area contributed by atoms with Crippen LogP contribution in [0.1, 0.15) is 26.7 Å². The maximum absolute atomic E-state index is 12.8. The summed E-state index contributed by atoms with van der Waals surface area (Å²) in [4.78, 5) is 28.8. The Balaban J connectivity index is 1.75. The normalized spacial score (nSPS) is 19.9. The molecule has 0 aromatic heterocycles. The molecule has 0 unspecified atom stereocenters. The van der Waals surface area contributed by atoms with Gasteiger partial charge in [0.25, 0.3) is 5.91 Å². The Kier molecular flexibility index (Phi) is 5.20. The Morgan fingerprint density at radius 1 is 1.32 bits per heavy atom. The third-order valence-electron chi connectivity index (χ3n) is 4.58. The van der Waals surface area contributed by atoms with Crippen LogP contribution in [0, 0.1) is 0 Å². The van der Waals surface area contributed by atoms with Crippen molar-refractivity contribution in [3.8, 4) is 5.75 Å². The summed E-state index contributed by atoms with van der Waals surface area (Å²) in [6.07, 6.45) is 1.24. The molecule has 1 aromatic carbocycles. The average Bonchev–Trinajstić information content (AvgIpc) is 2.85. The van der Waals surface area contributed by atoms with Crippen molar-refractivity contribution in [3.63, 3.8) is 0 Å². The smallest absolute Gasteiger partial charge is 0.270 e. The van der Waals surface area contributed by atoms with Crippen molar-refractivity contribution in [2.75, 3.05) is 37.6 Å². The van der Waals surface area contributed by atoms with Gasteiger partial charge in [0.1, 0.15) is 5.75 Å². The van der Waals surface area contributed by atoms with Crippen LogP contribution in [0.3, 0.4) is 0 Å². The lowest BCUT2D eigenvalue weighted by Gasteiger charge is -2.39. The topological polar surface area (TPSA) is 61.9 Å². The molecule has 0 bridgehead atoms. The number of carbonyl (C=O) groups excluding carboxylic acids is 2. The highest BCUT2D eigenvalue weighted by Gasteiger charge is 2.41. The second-order valence-corrected chi connectivity index (χ2v) is 7.35. The van der Waals surface area contributed by atoms with Crippen LogP contribution in [0.25, 0.3) is 0 Å². The van der Waals surface area contributed by atoms with E-state index in [1.165, 1.54) is 0 Å². The third kappa shape index (κ3) is 3.90. The number of carbonyl (C=O) groups is 2. The highest BCUT2D eigenvalue weighted by atomic mass is 35.5. The van der Waals surface area contributed by atoms with Crippen molar-refractivity contribution in [1.29, 1.82) is 0 Å². The summed E-state index contributed by atoms with van der Waals surface area (Å²) in [6, 6.07) is 5.21. The summed E-state index contributed by atoms with van der Waals surface area (Å²) in [7, 11) is 0. The number of hydrogen-bond acceptors (Lipinski definition) is 4. The first-order valence-corrected chi connectivity index (χ1v) is 9.05. The van der Waals surface area contributed by atoms with Gasteiger partial charge in [-0.15, -0.1) is 0 Å². The fourth-order valence-electron chi connectivity index (χ4n) is 3.22. The van der Waals surface area contributed by atoms with Crippen LogP contribution >= 0.6 is 11.6 Å². The van der Waals surface area contributed by atoms with Gasteiger partial charge in [0.05, 0.1) is 5.69 Å². The molecule has 0 spiro atoms. The summed E-state index contributed by atoms with van der Waals surface area (Å²) in [5.74, 6) is 0.525. The van der Waals surface area contributed by atoms with E-state index in [1.54, 1.807) is 36.9 Å². The van der Waals surface area contributed by atoms with Crippen LogP contribution in [0.15, 0.2) is 18.2 Å². The standard InChI is InChI=1S/C18H24ClN3O3/c1-18(2)17(24)22(14-12-13(19)4-5-15(14)25-18)10-6-16(23)21-9-3-7-20-8-11-21/h4-5,12,20H,3,6-11H2,1-2H3. The fourth-order valence-corrected chi connectivity index (χ4v) is 3.39. The van der Waals surface area contributed by atoms with E-state index >= 15 is 0 Å². The van der Waals surface area contributed by atoms with Crippen molar-refractivity contribution in [2.24, 2.45) is 0 Å². The molecular formula is C18H24ClN3O3. The fraction of sp³-hybridized carbons (Fsp3) is 0.556. The van der Waals surface area contributed by atoms with Crippen molar-refractivity contribution in [2.45, 2.75) is 32.3 Å². The zero-order chi connectivity index (χ0) is 18.0. The van der Waals surface area contributed by atoms with Crippen molar-refractivity contribution in [3.05, 3.63) is 23.2 Å². The number of anilines is 1. The van der Waals surface area contributed by atoms with Gasteiger partial charge in [-0.1, -0.05) is 11.6 Å². The molecule has 0 radical (unpaired) electrons. The number of amides is 2. The summed E-state index contributed by atoms with van der Waals surface area (Å²) in [6.45, 7) is 7.02. The minimum Gasteiger partial charge on any atom is -0.476 e. The number of nitrogens with zero attached hydrogens (tertiary/aromatic N) is 2. The molecule has 2 aliphatic rings. The maximum Gasteiger partial charge on any atom is 0.270 e. The van der Waals surface area contributed by atoms with Gasteiger partial charge < -0.3 is 19.9 Å². The van der Waals surface area contributed by atoms with Crippen LogP contribution in [0.5, 0.6) is 5.75 Å². The lowest BCUT2D eigenvalue weighted by atomic mass is 10.0. The molecule has 0 aliphatic carbocycles. The first-order chi connectivity index (χ1) is 11.9. The van der Waals surface area contributed by atoms with Crippen molar-refractivity contribution >= 4 is 29.1 Å². The lowest BCUT2D eigenvalue weighted by Crippen LogP contribution is -2.53. The van der Waals surface area contributed by atoms with Gasteiger partial charge in [0.2, 0.25) is 5.91 Å². The van der Waals surface area contributed by atoms with Gasteiger partial charge in [-0.2, -0.15) is 0 Å². The Hall–Kier alpha value is -1.79. The van der Waals surface area contributed by atoms with E-state index in [2.05, 4.69) is 5.32 Å². The Morgan fingerprint density at radius 3 is 2.92 bits per heavy atom. The number of hydrogen-bond donors (Lipinski definition) is 1. The number of ether oxygens (including phenoxy) is 1. The predicted octanol–water partition coefficient (Wildman–Crippen LogP) is 2.06. The minimum atomic E-state index is -0.962. The summed E-state index contributed by atoms with van der Waals surface area (Å²) in [5, 5.41) is 3.82. The second-order valence-electron chi connectivity index (χ2n) is 6.92. The van der Waals surface area contributed by atoms with Crippen LogP contribution < -0.4 is 15.0 Å². The number of benzene rings is 1. The second kappa shape index (κ2) is 7.22. The number of halogens is 1. The zero-order valence-corrected chi connectivity index (χ0v) is 15.4. The summed E-state index contributed by atoms with van der Waals surface area (Å²) >= 11 is 6.09. The summed E-state index contributed by atoms with van der Waals surface area (Å²) < 4.78 is 5.80. The van der Waals surface area contributed by atoms with Gasteiger partial charge in [-0.25, -0.2) is 0 Å². The van der Waals surface area contributed by atoms with E-state index in [4.69, 9.17) is 16.3 Å². The van der Waals surface area contributed by atoms with Crippen LogP contribution in [-0.4, -0.2) is 55.0 Å².